The highest BCUT2D eigenvalue weighted by molar-refractivity contribution is 5.56. The number of fused-ring (bicyclic) bond motifs is 1. The standard InChI is InChI=1S/C13H18N4O/c1-9-8-11-13(15-6-7-17(11)16-9)18-12-5-3-2-4-10(12)14/h6-8,10,12H,2-5,14H2,1H3. The lowest BCUT2D eigenvalue weighted by atomic mass is 9.93. The zero-order chi connectivity index (χ0) is 12.5. The van der Waals surface area contributed by atoms with Gasteiger partial charge in [-0.3, -0.25) is 0 Å². The van der Waals surface area contributed by atoms with Gasteiger partial charge in [0.1, 0.15) is 11.6 Å². The Hall–Kier alpha value is -1.62. The minimum Gasteiger partial charge on any atom is -0.471 e. The van der Waals surface area contributed by atoms with Crippen LogP contribution in [0.2, 0.25) is 0 Å². The van der Waals surface area contributed by atoms with Gasteiger partial charge in [-0.2, -0.15) is 5.10 Å². The molecule has 1 aliphatic rings. The molecule has 0 radical (unpaired) electrons. The Balaban J connectivity index is 1.89. The topological polar surface area (TPSA) is 65.4 Å². The summed E-state index contributed by atoms with van der Waals surface area (Å²) in [6.45, 7) is 1.96. The maximum atomic E-state index is 6.10. The molecule has 1 aliphatic carbocycles. The van der Waals surface area contributed by atoms with Crippen LogP contribution in [-0.4, -0.2) is 26.7 Å². The molecule has 2 atom stereocenters. The second-order valence-electron chi connectivity index (χ2n) is 4.95. The molecule has 0 amide bonds. The van der Waals surface area contributed by atoms with Gasteiger partial charge < -0.3 is 10.5 Å². The van der Waals surface area contributed by atoms with Crippen molar-refractivity contribution < 1.29 is 4.74 Å². The van der Waals surface area contributed by atoms with E-state index in [2.05, 4.69) is 10.1 Å². The van der Waals surface area contributed by atoms with Crippen molar-refractivity contribution in [2.75, 3.05) is 0 Å². The Morgan fingerprint density at radius 2 is 2.22 bits per heavy atom. The van der Waals surface area contributed by atoms with Crippen molar-refractivity contribution in [3.05, 3.63) is 24.2 Å². The first-order valence-corrected chi connectivity index (χ1v) is 6.47. The zero-order valence-electron chi connectivity index (χ0n) is 10.5. The molecule has 2 N–H and O–H groups in total. The molecule has 1 saturated carbocycles. The molecule has 0 spiro atoms. The van der Waals surface area contributed by atoms with Gasteiger partial charge in [-0.15, -0.1) is 0 Å². The van der Waals surface area contributed by atoms with Crippen LogP contribution in [0, 0.1) is 6.92 Å². The van der Waals surface area contributed by atoms with Gasteiger partial charge in [0.2, 0.25) is 5.88 Å². The van der Waals surface area contributed by atoms with E-state index in [4.69, 9.17) is 10.5 Å². The Morgan fingerprint density at radius 1 is 1.39 bits per heavy atom. The third kappa shape index (κ3) is 2.06. The fraction of sp³-hybridized carbons (Fsp3) is 0.538. The van der Waals surface area contributed by atoms with Crippen LogP contribution >= 0.6 is 0 Å². The minimum atomic E-state index is 0.0765. The van der Waals surface area contributed by atoms with Gasteiger partial charge >= 0.3 is 0 Å². The van der Waals surface area contributed by atoms with E-state index >= 15 is 0 Å². The van der Waals surface area contributed by atoms with Crippen LogP contribution in [0.25, 0.3) is 5.52 Å². The number of nitrogens with zero attached hydrogens (tertiary/aromatic N) is 3. The lowest BCUT2D eigenvalue weighted by Gasteiger charge is -2.28. The molecule has 0 bridgehead atoms. The number of hydrogen-bond acceptors (Lipinski definition) is 4. The lowest BCUT2D eigenvalue weighted by molar-refractivity contribution is 0.128. The molecule has 5 heteroatoms. The zero-order valence-corrected chi connectivity index (χ0v) is 10.5. The molecule has 96 valence electrons. The Labute approximate surface area is 106 Å². The maximum Gasteiger partial charge on any atom is 0.240 e. The average molecular weight is 246 g/mol. The summed E-state index contributed by atoms with van der Waals surface area (Å²) < 4.78 is 7.79. The lowest BCUT2D eigenvalue weighted by Crippen LogP contribution is -2.41. The second kappa shape index (κ2) is 4.57. The van der Waals surface area contributed by atoms with Crippen LogP contribution in [0.3, 0.4) is 0 Å². The number of ether oxygens (including phenoxy) is 1. The number of rotatable bonds is 2. The molecule has 2 unspecified atom stereocenters. The SMILES string of the molecule is Cc1cc2c(OC3CCCCC3N)nccn2n1. The van der Waals surface area contributed by atoms with E-state index in [9.17, 15) is 0 Å². The molecular weight excluding hydrogens is 228 g/mol. The van der Waals surface area contributed by atoms with Gasteiger partial charge in [-0.25, -0.2) is 9.50 Å². The predicted molar refractivity (Wildman–Crippen MR) is 68.6 cm³/mol. The van der Waals surface area contributed by atoms with Crippen molar-refractivity contribution in [3.8, 4) is 5.88 Å². The quantitative estimate of drug-likeness (QED) is 0.875. The third-order valence-corrected chi connectivity index (χ3v) is 3.49. The highest BCUT2D eigenvalue weighted by Gasteiger charge is 2.24. The van der Waals surface area contributed by atoms with E-state index in [-0.39, 0.29) is 12.1 Å². The number of hydrogen-bond donors (Lipinski definition) is 1. The first-order valence-electron chi connectivity index (χ1n) is 6.47. The predicted octanol–water partition coefficient (Wildman–Crippen LogP) is 1.69. The van der Waals surface area contributed by atoms with Crippen molar-refractivity contribution in [1.82, 2.24) is 14.6 Å². The second-order valence-corrected chi connectivity index (χ2v) is 4.95. The fourth-order valence-electron chi connectivity index (χ4n) is 2.53. The normalized spacial score (nSPS) is 24.3. The van der Waals surface area contributed by atoms with E-state index < -0.39 is 0 Å². The monoisotopic (exact) mass is 246 g/mol. The number of aromatic nitrogens is 3. The van der Waals surface area contributed by atoms with Crippen molar-refractivity contribution in [2.45, 2.75) is 44.8 Å². The van der Waals surface area contributed by atoms with E-state index in [1.807, 2.05) is 19.2 Å². The van der Waals surface area contributed by atoms with Crippen molar-refractivity contribution in [2.24, 2.45) is 5.73 Å². The van der Waals surface area contributed by atoms with Gasteiger partial charge in [0.15, 0.2) is 0 Å². The molecule has 18 heavy (non-hydrogen) atoms. The Bertz CT molecular complexity index is 551. The van der Waals surface area contributed by atoms with E-state index in [1.54, 1.807) is 10.7 Å². The van der Waals surface area contributed by atoms with Crippen LogP contribution in [0.4, 0.5) is 0 Å². The molecule has 2 heterocycles. The van der Waals surface area contributed by atoms with Gasteiger partial charge in [0.25, 0.3) is 0 Å². The summed E-state index contributed by atoms with van der Waals surface area (Å²) in [6.07, 6.45) is 8.04. The van der Waals surface area contributed by atoms with Crippen molar-refractivity contribution in [1.29, 1.82) is 0 Å². The van der Waals surface area contributed by atoms with Crippen molar-refractivity contribution >= 4 is 5.52 Å². The highest BCUT2D eigenvalue weighted by Crippen LogP contribution is 2.24. The molecule has 3 rings (SSSR count). The van der Waals surface area contributed by atoms with Crippen LogP contribution in [0.5, 0.6) is 5.88 Å². The van der Waals surface area contributed by atoms with Gasteiger partial charge in [-0.1, -0.05) is 6.42 Å². The molecular formula is C13H18N4O. The molecule has 0 aromatic carbocycles. The maximum absolute atomic E-state index is 6.10. The average Bonchev–Trinajstić information content (AvgIpc) is 2.73. The van der Waals surface area contributed by atoms with E-state index in [0.717, 1.165) is 24.1 Å². The molecule has 2 aromatic heterocycles. The number of aryl methyl sites for hydroxylation is 1. The third-order valence-electron chi connectivity index (χ3n) is 3.49. The smallest absolute Gasteiger partial charge is 0.240 e. The molecule has 5 nitrogen and oxygen atoms in total. The number of nitrogens with two attached hydrogens (primary N) is 1. The highest BCUT2D eigenvalue weighted by atomic mass is 16.5. The van der Waals surface area contributed by atoms with Crippen molar-refractivity contribution in [3.63, 3.8) is 0 Å². The summed E-state index contributed by atoms with van der Waals surface area (Å²) >= 11 is 0. The molecule has 2 aromatic rings. The molecule has 0 aliphatic heterocycles. The first kappa shape index (κ1) is 11.5. The largest absolute Gasteiger partial charge is 0.471 e. The van der Waals surface area contributed by atoms with Crippen LogP contribution < -0.4 is 10.5 Å². The minimum absolute atomic E-state index is 0.0765. The summed E-state index contributed by atoms with van der Waals surface area (Å²) in [5, 5.41) is 4.35. The summed E-state index contributed by atoms with van der Waals surface area (Å²) in [7, 11) is 0. The summed E-state index contributed by atoms with van der Waals surface area (Å²) in [6, 6.07) is 2.10. The fourth-order valence-corrected chi connectivity index (χ4v) is 2.53. The summed E-state index contributed by atoms with van der Waals surface area (Å²) in [4.78, 5) is 4.31. The Kier molecular flexibility index (Phi) is 2.91. The van der Waals surface area contributed by atoms with Gasteiger partial charge in [0, 0.05) is 18.4 Å². The van der Waals surface area contributed by atoms with Crippen LogP contribution in [0.15, 0.2) is 18.5 Å². The van der Waals surface area contributed by atoms with E-state index in [1.165, 1.54) is 12.8 Å². The molecule has 0 saturated heterocycles. The van der Waals surface area contributed by atoms with Crippen LogP contribution in [-0.2, 0) is 0 Å². The Morgan fingerprint density at radius 3 is 3.06 bits per heavy atom. The first-order chi connectivity index (χ1) is 8.74. The van der Waals surface area contributed by atoms with E-state index in [0.29, 0.717) is 5.88 Å². The van der Waals surface area contributed by atoms with Crippen LogP contribution in [0.1, 0.15) is 31.4 Å². The summed E-state index contributed by atoms with van der Waals surface area (Å²) in [5.41, 5.74) is 7.97. The van der Waals surface area contributed by atoms with Gasteiger partial charge in [-0.05, 0) is 32.3 Å². The van der Waals surface area contributed by atoms with Gasteiger partial charge in [0.05, 0.1) is 5.69 Å². The summed E-state index contributed by atoms with van der Waals surface area (Å²) in [5.74, 6) is 0.639. The molecule has 1 fully saturated rings.